The molecule has 0 radical (unpaired) electrons. The highest BCUT2D eigenvalue weighted by Gasteiger charge is 2.34. The van der Waals surface area contributed by atoms with Gasteiger partial charge in [0.25, 0.3) is 0 Å². The van der Waals surface area contributed by atoms with Gasteiger partial charge in [0.2, 0.25) is 0 Å². The summed E-state index contributed by atoms with van der Waals surface area (Å²) < 4.78 is 5.44. The van der Waals surface area contributed by atoms with Gasteiger partial charge in [0.1, 0.15) is 6.61 Å². The van der Waals surface area contributed by atoms with Gasteiger partial charge in [-0.05, 0) is 43.4 Å². The molecule has 0 bridgehead atoms. The van der Waals surface area contributed by atoms with Gasteiger partial charge in [0, 0.05) is 0 Å². The third-order valence-corrected chi connectivity index (χ3v) is 6.26. The minimum absolute atomic E-state index is 0.00335. The topological polar surface area (TPSA) is 85.2 Å². The molecule has 4 atom stereocenters. The van der Waals surface area contributed by atoms with Crippen molar-refractivity contribution >= 4 is 5.97 Å². The fourth-order valence-corrected chi connectivity index (χ4v) is 4.29. The predicted molar refractivity (Wildman–Crippen MR) is 102 cm³/mol. The summed E-state index contributed by atoms with van der Waals surface area (Å²) >= 11 is 0. The monoisotopic (exact) mass is 386 g/mol. The number of ether oxygens (including phenoxy) is 1. The van der Waals surface area contributed by atoms with Crippen LogP contribution >= 0.6 is 0 Å². The predicted octanol–water partition coefficient (Wildman–Crippen LogP) is 3.10. The van der Waals surface area contributed by atoms with E-state index in [0.717, 1.165) is 44.4 Å². The molecular formula is C21H38O6. The van der Waals surface area contributed by atoms with E-state index in [1.165, 1.54) is 12.8 Å². The highest BCUT2D eigenvalue weighted by Crippen LogP contribution is 2.31. The minimum Gasteiger partial charge on any atom is -0.465 e. The highest BCUT2D eigenvalue weighted by molar-refractivity contribution is 5.72. The molecule has 0 aromatic carbocycles. The number of carbonyl (C=O) groups is 1. The number of aliphatic hydroxyl groups excluding tert-OH is 2. The zero-order chi connectivity index (χ0) is 19.7. The van der Waals surface area contributed by atoms with Crippen molar-refractivity contribution in [3.05, 3.63) is 0 Å². The Balaban J connectivity index is 1.72. The fraction of sp³-hybridized carbons (Fsp3) is 0.952. The standard InChI is InChI=1S/C21H38O6/c1-16-5-3-7-18(9-16)11-26-27-15-21(12-22,13-23)14-25-20(24)19-8-4-6-17(2)10-19/h16-19,22-23H,3-15H2,1-2H3. The van der Waals surface area contributed by atoms with Gasteiger partial charge in [-0.15, -0.1) is 0 Å². The van der Waals surface area contributed by atoms with Crippen LogP contribution in [-0.2, 0) is 19.3 Å². The van der Waals surface area contributed by atoms with E-state index >= 15 is 0 Å². The molecular weight excluding hydrogens is 348 g/mol. The maximum absolute atomic E-state index is 12.3. The lowest BCUT2D eigenvalue weighted by Crippen LogP contribution is -2.41. The summed E-state index contributed by atoms with van der Waals surface area (Å²) in [5, 5.41) is 19.5. The molecule has 0 aliphatic heterocycles. The quantitative estimate of drug-likeness (QED) is 0.260. The SMILES string of the molecule is CC1CCCC(COOCC(CO)(CO)COC(=O)C2CCCC(C)C2)C1. The van der Waals surface area contributed by atoms with Crippen molar-refractivity contribution in [3.63, 3.8) is 0 Å². The van der Waals surface area contributed by atoms with Crippen LogP contribution in [0.5, 0.6) is 0 Å². The largest absolute Gasteiger partial charge is 0.465 e. The zero-order valence-electron chi connectivity index (χ0n) is 17.0. The van der Waals surface area contributed by atoms with E-state index in [2.05, 4.69) is 13.8 Å². The van der Waals surface area contributed by atoms with Crippen LogP contribution in [0.25, 0.3) is 0 Å². The van der Waals surface area contributed by atoms with Crippen molar-refractivity contribution in [2.45, 2.75) is 65.2 Å². The molecule has 158 valence electrons. The lowest BCUT2D eigenvalue weighted by Gasteiger charge is -2.31. The van der Waals surface area contributed by atoms with Crippen molar-refractivity contribution < 1.29 is 29.5 Å². The Labute approximate surface area is 163 Å². The van der Waals surface area contributed by atoms with Gasteiger partial charge in [-0.3, -0.25) is 4.79 Å². The average molecular weight is 387 g/mol. The highest BCUT2D eigenvalue weighted by atomic mass is 17.2. The average Bonchev–Trinajstić information content (AvgIpc) is 2.68. The Bertz CT molecular complexity index is 436. The maximum Gasteiger partial charge on any atom is 0.308 e. The molecule has 0 aromatic rings. The molecule has 4 unspecified atom stereocenters. The summed E-state index contributed by atoms with van der Waals surface area (Å²) in [6.45, 7) is 4.21. The van der Waals surface area contributed by atoms with Crippen LogP contribution in [0.15, 0.2) is 0 Å². The lowest BCUT2D eigenvalue weighted by atomic mass is 9.82. The molecule has 0 aromatic heterocycles. The first-order valence-corrected chi connectivity index (χ1v) is 10.6. The van der Waals surface area contributed by atoms with Crippen LogP contribution in [0.2, 0.25) is 0 Å². The van der Waals surface area contributed by atoms with Gasteiger partial charge < -0.3 is 14.9 Å². The van der Waals surface area contributed by atoms with Gasteiger partial charge in [-0.25, -0.2) is 9.78 Å². The van der Waals surface area contributed by atoms with Gasteiger partial charge in [0.05, 0.1) is 37.8 Å². The zero-order valence-corrected chi connectivity index (χ0v) is 17.0. The maximum atomic E-state index is 12.3. The van der Waals surface area contributed by atoms with Crippen molar-refractivity contribution in [2.75, 3.05) is 33.0 Å². The first-order chi connectivity index (χ1) is 13.0. The molecule has 27 heavy (non-hydrogen) atoms. The van der Waals surface area contributed by atoms with Crippen molar-refractivity contribution in [3.8, 4) is 0 Å². The Kier molecular flexibility index (Phi) is 9.50. The van der Waals surface area contributed by atoms with Gasteiger partial charge in [-0.1, -0.05) is 39.5 Å². The van der Waals surface area contributed by atoms with Crippen molar-refractivity contribution in [1.29, 1.82) is 0 Å². The Hall–Kier alpha value is -0.690. The van der Waals surface area contributed by atoms with E-state index in [9.17, 15) is 15.0 Å². The normalized spacial score (nSPS) is 29.5. The molecule has 2 fully saturated rings. The van der Waals surface area contributed by atoms with Crippen LogP contribution < -0.4 is 0 Å². The van der Waals surface area contributed by atoms with E-state index < -0.39 is 5.41 Å². The number of rotatable bonds is 10. The molecule has 0 saturated heterocycles. The number of esters is 1. The van der Waals surface area contributed by atoms with Gasteiger partial charge in [0.15, 0.2) is 0 Å². The van der Waals surface area contributed by atoms with Crippen molar-refractivity contribution in [1.82, 2.24) is 0 Å². The molecule has 6 heteroatoms. The van der Waals surface area contributed by atoms with Crippen LogP contribution in [0.3, 0.4) is 0 Å². The van der Waals surface area contributed by atoms with E-state index in [1.54, 1.807) is 0 Å². The number of hydrogen-bond donors (Lipinski definition) is 2. The fourth-order valence-electron chi connectivity index (χ4n) is 4.29. The first-order valence-electron chi connectivity index (χ1n) is 10.6. The van der Waals surface area contributed by atoms with Gasteiger partial charge >= 0.3 is 5.97 Å². The summed E-state index contributed by atoms with van der Waals surface area (Å²) in [5.74, 6) is 1.45. The van der Waals surface area contributed by atoms with E-state index in [-0.39, 0.29) is 38.3 Å². The Morgan fingerprint density at radius 3 is 2.22 bits per heavy atom. The molecule has 0 heterocycles. The van der Waals surface area contributed by atoms with E-state index in [4.69, 9.17) is 14.5 Å². The first kappa shape index (κ1) is 22.6. The summed E-state index contributed by atoms with van der Waals surface area (Å²) in [6, 6.07) is 0. The molecule has 2 N–H and O–H groups in total. The Morgan fingerprint density at radius 2 is 1.59 bits per heavy atom. The van der Waals surface area contributed by atoms with E-state index in [0.29, 0.717) is 18.4 Å². The smallest absolute Gasteiger partial charge is 0.308 e. The third kappa shape index (κ3) is 7.33. The summed E-state index contributed by atoms with van der Waals surface area (Å²) in [6.07, 6.45) is 8.71. The van der Waals surface area contributed by atoms with Crippen LogP contribution in [0, 0.1) is 29.1 Å². The van der Waals surface area contributed by atoms with Crippen LogP contribution in [-0.4, -0.2) is 49.2 Å². The molecule has 6 nitrogen and oxygen atoms in total. The molecule has 2 saturated carbocycles. The van der Waals surface area contributed by atoms with Crippen LogP contribution in [0.4, 0.5) is 0 Å². The molecule has 0 spiro atoms. The molecule has 2 rings (SSSR count). The van der Waals surface area contributed by atoms with Crippen molar-refractivity contribution in [2.24, 2.45) is 29.1 Å². The van der Waals surface area contributed by atoms with E-state index in [1.807, 2.05) is 0 Å². The summed E-state index contributed by atoms with van der Waals surface area (Å²) in [4.78, 5) is 23.0. The lowest BCUT2D eigenvalue weighted by molar-refractivity contribution is -0.323. The number of hydrogen-bond acceptors (Lipinski definition) is 6. The number of aliphatic hydroxyl groups is 2. The second kappa shape index (κ2) is 11.3. The molecule has 2 aliphatic carbocycles. The number of carbonyl (C=O) groups excluding carboxylic acids is 1. The molecule has 0 amide bonds. The molecule has 2 aliphatic rings. The minimum atomic E-state index is -1.03. The second-order valence-electron chi connectivity index (χ2n) is 9.08. The Morgan fingerprint density at radius 1 is 0.926 bits per heavy atom. The summed E-state index contributed by atoms with van der Waals surface area (Å²) in [5.41, 5.74) is -1.03. The van der Waals surface area contributed by atoms with Gasteiger partial charge in [-0.2, -0.15) is 0 Å². The third-order valence-electron chi connectivity index (χ3n) is 6.26. The second-order valence-corrected chi connectivity index (χ2v) is 9.08. The summed E-state index contributed by atoms with van der Waals surface area (Å²) in [7, 11) is 0. The van der Waals surface area contributed by atoms with Crippen LogP contribution in [0.1, 0.15) is 65.2 Å².